The maximum Gasteiger partial charge on any atom is 0.230 e. The molecule has 0 N–H and O–H groups in total. The van der Waals surface area contributed by atoms with Crippen molar-refractivity contribution in [2.24, 2.45) is 5.10 Å². The minimum atomic E-state index is -0.391. The summed E-state index contributed by atoms with van der Waals surface area (Å²) in [5.41, 5.74) is 5.39. The molecule has 2 aliphatic rings. The van der Waals surface area contributed by atoms with Crippen LogP contribution >= 0.6 is 0 Å². The third kappa shape index (κ3) is 3.12. The van der Waals surface area contributed by atoms with Gasteiger partial charge in [0.05, 0.1) is 18.4 Å². The van der Waals surface area contributed by atoms with E-state index in [1.807, 2.05) is 37.3 Å². The van der Waals surface area contributed by atoms with Gasteiger partial charge in [-0.25, -0.2) is 5.01 Å². The van der Waals surface area contributed by atoms with Gasteiger partial charge in [-0.1, -0.05) is 48.0 Å². The molecule has 2 aromatic carbocycles. The van der Waals surface area contributed by atoms with Crippen LogP contribution in [0, 0.1) is 6.92 Å². The van der Waals surface area contributed by atoms with E-state index < -0.39 is 6.23 Å². The van der Waals surface area contributed by atoms with Crippen molar-refractivity contribution >= 4 is 5.71 Å². The van der Waals surface area contributed by atoms with Crippen LogP contribution in [0.1, 0.15) is 48.0 Å². The third-order valence-electron chi connectivity index (χ3n) is 5.41. The van der Waals surface area contributed by atoms with Crippen LogP contribution in [0.5, 0.6) is 11.5 Å². The van der Waals surface area contributed by atoms with E-state index in [0.717, 1.165) is 40.5 Å². The molecular weight excluding hydrogens is 362 g/mol. The van der Waals surface area contributed by atoms with Crippen molar-refractivity contribution in [1.82, 2.24) is 9.99 Å². The van der Waals surface area contributed by atoms with Crippen LogP contribution in [0.4, 0.5) is 0 Å². The summed E-state index contributed by atoms with van der Waals surface area (Å²) in [6, 6.07) is 20.6. The molecule has 146 valence electrons. The molecule has 0 saturated carbocycles. The zero-order valence-electron chi connectivity index (χ0n) is 16.6. The highest BCUT2D eigenvalue weighted by molar-refractivity contribution is 6.02. The van der Waals surface area contributed by atoms with E-state index in [0.29, 0.717) is 6.61 Å². The lowest BCUT2D eigenvalue weighted by atomic mass is 9.95. The number of aryl methyl sites for hydroxylation is 1. The Labute approximate surface area is 170 Å². The molecule has 2 atom stereocenters. The number of hydrazone groups is 1. The number of ether oxygens (including phenoxy) is 2. The number of benzene rings is 2. The van der Waals surface area contributed by atoms with E-state index in [1.54, 1.807) is 6.20 Å². The average Bonchev–Trinajstić information content (AvgIpc) is 3.20. The molecule has 3 heterocycles. The summed E-state index contributed by atoms with van der Waals surface area (Å²) in [5, 5.41) is 7.04. The van der Waals surface area contributed by atoms with E-state index in [1.165, 1.54) is 5.56 Å². The lowest BCUT2D eigenvalue weighted by Gasteiger charge is -2.38. The number of aromatic nitrogens is 1. The van der Waals surface area contributed by atoms with Crippen molar-refractivity contribution in [2.75, 3.05) is 6.61 Å². The smallest absolute Gasteiger partial charge is 0.230 e. The lowest BCUT2D eigenvalue weighted by molar-refractivity contribution is -0.0240. The van der Waals surface area contributed by atoms with Crippen LogP contribution in [-0.4, -0.2) is 22.3 Å². The Morgan fingerprint density at radius 1 is 1.07 bits per heavy atom. The fourth-order valence-electron chi connectivity index (χ4n) is 3.99. The second-order valence-electron chi connectivity index (χ2n) is 7.34. The first kappa shape index (κ1) is 17.7. The van der Waals surface area contributed by atoms with E-state index in [4.69, 9.17) is 14.6 Å². The third-order valence-corrected chi connectivity index (χ3v) is 5.41. The monoisotopic (exact) mass is 385 g/mol. The Hall–Kier alpha value is -3.34. The number of fused-ring (bicyclic) bond motifs is 3. The molecule has 29 heavy (non-hydrogen) atoms. The van der Waals surface area contributed by atoms with Crippen LogP contribution < -0.4 is 9.47 Å². The lowest BCUT2D eigenvalue weighted by Crippen LogP contribution is -2.34. The van der Waals surface area contributed by atoms with Crippen molar-refractivity contribution < 1.29 is 9.47 Å². The number of rotatable bonds is 4. The quantitative estimate of drug-likeness (QED) is 0.632. The molecule has 0 amide bonds. The van der Waals surface area contributed by atoms with Crippen LogP contribution in [0.3, 0.4) is 0 Å². The molecule has 1 aromatic heterocycles. The predicted octanol–water partition coefficient (Wildman–Crippen LogP) is 5.03. The molecular formula is C24H23N3O2. The van der Waals surface area contributed by atoms with Crippen LogP contribution in [0.15, 0.2) is 72.0 Å². The van der Waals surface area contributed by atoms with E-state index in [-0.39, 0.29) is 6.04 Å². The molecule has 0 unspecified atom stereocenters. The van der Waals surface area contributed by atoms with Gasteiger partial charge >= 0.3 is 0 Å². The first-order chi connectivity index (χ1) is 14.2. The standard InChI is InChI=1S/C24H23N3O2/c1-3-28-22-9-6-7-18-21-15-20(17-12-10-16(2)11-13-17)26-27(21)24(29-23(18)22)19-8-4-5-14-25-19/h4-14,21,24H,3,15H2,1-2H3/t21-,24+/m1/s1. The molecule has 0 fully saturated rings. The zero-order valence-corrected chi connectivity index (χ0v) is 16.6. The first-order valence-electron chi connectivity index (χ1n) is 10.0. The number of pyridine rings is 1. The topological polar surface area (TPSA) is 47.0 Å². The molecule has 5 rings (SSSR count). The molecule has 0 bridgehead atoms. The molecule has 0 aliphatic carbocycles. The number of para-hydroxylation sites is 1. The Kier molecular flexibility index (Phi) is 4.43. The van der Waals surface area contributed by atoms with E-state index in [9.17, 15) is 0 Å². The maximum atomic E-state index is 6.45. The van der Waals surface area contributed by atoms with Crippen LogP contribution in [-0.2, 0) is 0 Å². The van der Waals surface area contributed by atoms with E-state index >= 15 is 0 Å². The van der Waals surface area contributed by atoms with Crippen molar-refractivity contribution in [3.63, 3.8) is 0 Å². The highest BCUT2D eigenvalue weighted by Crippen LogP contribution is 2.50. The molecule has 0 spiro atoms. The fraction of sp³-hybridized carbons (Fsp3) is 0.250. The summed E-state index contributed by atoms with van der Waals surface area (Å²) in [6.45, 7) is 4.67. The summed E-state index contributed by atoms with van der Waals surface area (Å²) in [4.78, 5) is 4.54. The molecule has 5 nitrogen and oxygen atoms in total. The van der Waals surface area contributed by atoms with Gasteiger partial charge < -0.3 is 9.47 Å². The minimum Gasteiger partial charge on any atom is -0.490 e. The van der Waals surface area contributed by atoms with Gasteiger partial charge in [0.25, 0.3) is 0 Å². The van der Waals surface area contributed by atoms with Crippen molar-refractivity contribution in [1.29, 1.82) is 0 Å². The summed E-state index contributed by atoms with van der Waals surface area (Å²) < 4.78 is 12.3. The van der Waals surface area contributed by atoms with Crippen molar-refractivity contribution in [3.05, 3.63) is 89.2 Å². The van der Waals surface area contributed by atoms with Gasteiger partial charge in [-0.3, -0.25) is 4.98 Å². The molecule has 0 saturated heterocycles. The molecule has 3 aromatic rings. The van der Waals surface area contributed by atoms with E-state index in [2.05, 4.69) is 47.2 Å². The molecule has 0 radical (unpaired) electrons. The Morgan fingerprint density at radius 2 is 1.93 bits per heavy atom. The van der Waals surface area contributed by atoms with Crippen LogP contribution in [0.2, 0.25) is 0 Å². The van der Waals surface area contributed by atoms with Crippen molar-refractivity contribution in [3.8, 4) is 11.5 Å². The highest BCUT2D eigenvalue weighted by Gasteiger charge is 2.42. The average molecular weight is 385 g/mol. The minimum absolute atomic E-state index is 0.0856. The second-order valence-corrected chi connectivity index (χ2v) is 7.34. The summed E-state index contributed by atoms with van der Waals surface area (Å²) in [7, 11) is 0. The van der Waals surface area contributed by atoms with Gasteiger partial charge in [0, 0.05) is 18.2 Å². The summed E-state index contributed by atoms with van der Waals surface area (Å²) >= 11 is 0. The number of hydrogen-bond donors (Lipinski definition) is 0. The second kappa shape index (κ2) is 7.24. The zero-order chi connectivity index (χ0) is 19.8. The van der Waals surface area contributed by atoms with Gasteiger partial charge in [-0.05, 0) is 37.6 Å². The Balaban J connectivity index is 1.60. The number of nitrogens with zero attached hydrogens (tertiary/aromatic N) is 3. The SMILES string of the molecule is CCOc1cccc2c1O[C@@H](c1ccccn1)N1N=C(c3ccc(C)cc3)C[C@H]21. The normalized spacial score (nSPS) is 19.8. The highest BCUT2D eigenvalue weighted by atomic mass is 16.5. The van der Waals surface area contributed by atoms with Gasteiger partial charge in [-0.15, -0.1) is 0 Å². The van der Waals surface area contributed by atoms with Gasteiger partial charge in [-0.2, -0.15) is 5.10 Å². The predicted molar refractivity (Wildman–Crippen MR) is 112 cm³/mol. The van der Waals surface area contributed by atoms with Gasteiger partial charge in [0.15, 0.2) is 11.5 Å². The van der Waals surface area contributed by atoms with Gasteiger partial charge in [0.2, 0.25) is 6.23 Å². The molecule has 2 aliphatic heterocycles. The fourth-order valence-corrected chi connectivity index (χ4v) is 3.99. The van der Waals surface area contributed by atoms with Gasteiger partial charge in [0.1, 0.15) is 5.69 Å². The summed E-state index contributed by atoms with van der Waals surface area (Å²) in [6.07, 6.45) is 2.22. The first-order valence-corrected chi connectivity index (χ1v) is 10.0. The largest absolute Gasteiger partial charge is 0.490 e. The number of hydrogen-bond acceptors (Lipinski definition) is 5. The van der Waals surface area contributed by atoms with Crippen molar-refractivity contribution in [2.45, 2.75) is 32.5 Å². The molecule has 5 heteroatoms. The maximum absolute atomic E-state index is 6.45. The Bertz CT molecular complexity index is 1050. The van der Waals surface area contributed by atoms with Crippen LogP contribution in [0.25, 0.3) is 0 Å². The summed E-state index contributed by atoms with van der Waals surface area (Å²) in [5.74, 6) is 1.57. The Morgan fingerprint density at radius 3 is 2.69 bits per heavy atom.